The summed E-state index contributed by atoms with van der Waals surface area (Å²) in [4.78, 5) is 4.52. The summed E-state index contributed by atoms with van der Waals surface area (Å²) < 4.78 is 5.58. The maximum atomic E-state index is 5.68. The number of nitrogens with one attached hydrogen (secondary N) is 1. The fraction of sp³-hybridized carbons (Fsp3) is 0.312. The first-order chi connectivity index (χ1) is 9.74. The van der Waals surface area contributed by atoms with E-state index in [0.717, 1.165) is 35.7 Å². The highest BCUT2D eigenvalue weighted by Gasteiger charge is 2.13. The fourth-order valence-corrected chi connectivity index (χ4v) is 2.05. The lowest BCUT2D eigenvalue weighted by Crippen LogP contribution is -2.29. The lowest BCUT2D eigenvalue weighted by atomic mass is 10.0. The Labute approximate surface area is 120 Å². The van der Waals surface area contributed by atoms with Crippen LogP contribution in [0.1, 0.15) is 36.3 Å². The predicted molar refractivity (Wildman–Crippen MR) is 80.4 cm³/mol. The summed E-state index contributed by atoms with van der Waals surface area (Å²) in [5, 5.41) is 0. The minimum Gasteiger partial charge on any atom is -0.494 e. The number of benzene rings is 1. The number of rotatable bonds is 6. The summed E-state index contributed by atoms with van der Waals surface area (Å²) >= 11 is 0. The van der Waals surface area contributed by atoms with Gasteiger partial charge in [0.05, 0.1) is 18.3 Å². The summed E-state index contributed by atoms with van der Waals surface area (Å²) in [6.45, 7) is 4.79. The zero-order valence-corrected chi connectivity index (χ0v) is 12.0. The summed E-state index contributed by atoms with van der Waals surface area (Å²) in [6.07, 6.45) is 1.00. The van der Waals surface area contributed by atoms with Crippen molar-refractivity contribution in [3.05, 3.63) is 59.4 Å². The van der Waals surface area contributed by atoms with Gasteiger partial charge in [-0.3, -0.25) is 10.8 Å². The Morgan fingerprint density at radius 3 is 2.55 bits per heavy atom. The molecule has 4 heteroatoms. The van der Waals surface area contributed by atoms with E-state index >= 15 is 0 Å². The maximum Gasteiger partial charge on any atom is 0.119 e. The first-order valence-corrected chi connectivity index (χ1v) is 6.87. The number of hydrazine groups is 1. The Bertz CT molecular complexity index is 540. The predicted octanol–water partition coefficient (Wildman–Crippen LogP) is 2.73. The topological polar surface area (TPSA) is 60.2 Å². The molecule has 0 aliphatic heterocycles. The Morgan fingerprint density at radius 2 is 1.95 bits per heavy atom. The molecule has 0 bridgehead atoms. The van der Waals surface area contributed by atoms with Gasteiger partial charge >= 0.3 is 0 Å². The minimum absolute atomic E-state index is 0.116. The molecule has 0 amide bonds. The van der Waals surface area contributed by atoms with Crippen LogP contribution in [0.3, 0.4) is 0 Å². The van der Waals surface area contributed by atoms with Crippen molar-refractivity contribution in [2.75, 3.05) is 6.61 Å². The number of hydrogen-bond acceptors (Lipinski definition) is 4. The molecule has 0 spiro atoms. The molecule has 0 saturated heterocycles. The van der Waals surface area contributed by atoms with Crippen LogP contribution in [0.25, 0.3) is 0 Å². The molecule has 1 aromatic carbocycles. The molecule has 20 heavy (non-hydrogen) atoms. The van der Waals surface area contributed by atoms with Gasteiger partial charge in [-0.05, 0) is 43.2 Å². The first-order valence-electron chi connectivity index (χ1n) is 6.87. The molecular formula is C16H21N3O. The molecule has 0 fully saturated rings. The zero-order valence-electron chi connectivity index (χ0n) is 12.0. The highest BCUT2D eigenvalue weighted by Crippen LogP contribution is 2.22. The number of ether oxygens (including phenoxy) is 1. The fourth-order valence-electron chi connectivity index (χ4n) is 2.05. The Morgan fingerprint density at radius 1 is 1.20 bits per heavy atom. The summed E-state index contributed by atoms with van der Waals surface area (Å²) in [7, 11) is 0. The van der Waals surface area contributed by atoms with E-state index in [1.54, 1.807) is 0 Å². The van der Waals surface area contributed by atoms with Gasteiger partial charge in [-0.15, -0.1) is 0 Å². The van der Waals surface area contributed by atoms with Crippen LogP contribution in [-0.4, -0.2) is 11.6 Å². The van der Waals surface area contributed by atoms with Crippen LogP contribution in [0.15, 0.2) is 42.5 Å². The highest BCUT2D eigenvalue weighted by atomic mass is 16.5. The SMILES string of the molecule is CCCOc1ccc(C(NN)c2cccc(C)n2)cc1. The number of aromatic nitrogens is 1. The second-order valence-corrected chi connectivity index (χ2v) is 4.72. The van der Waals surface area contributed by atoms with Crippen molar-refractivity contribution in [1.82, 2.24) is 10.4 Å². The van der Waals surface area contributed by atoms with Gasteiger partial charge in [-0.1, -0.05) is 25.1 Å². The van der Waals surface area contributed by atoms with E-state index in [0.29, 0.717) is 0 Å². The van der Waals surface area contributed by atoms with Crippen molar-refractivity contribution in [2.24, 2.45) is 5.84 Å². The van der Waals surface area contributed by atoms with E-state index in [2.05, 4.69) is 17.3 Å². The second kappa shape index (κ2) is 7.03. The average molecular weight is 271 g/mol. The van der Waals surface area contributed by atoms with Gasteiger partial charge in [0.1, 0.15) is 5.75 Å². The van der Waals surface area contributed by atoms with Gasteiger partial charge in [-0.25, -0.2) is 5.43 Å². The molecule has 0 aliphatic carbocycles. The molecule has 0 radical (unpaired) electrons. The minimum atomic E-state index is -0.116. The summed E-state index contributed by atoms with van der Waals surface area (Å²) in [5.74, 6) is 6.56. The van der Waals surface area contributed by atoms with Crippen LogP contribution in [0.2, 0.25) is 0 Å². The van der Waals surface area contributed by atoms with Gasteiger partial charge in [-0.2, -0.15) is 0 Å². The number of hydrogen-bond donors (Lipinski definition) is 2. The molecule has 0 saturated carbocycles. The van der Waals surface area contributed by atoms with E-state index in [1.807, 2.05) is 49.4 Å². The van der Waals surface area contributed by atoms with Crippen LogP contribution < -0.4 is 16.0 Å². The first kappa shape index (κ1) is 14.5. The lowest BCUT2D eigenvalue weighted by molar-refractivity contribution is 0.317. The summed E-state index contributed by atoms with van der Waals surface area (Å²) in [5.41, 5.74) is 5.77. The van der Waals surface area contributed by atoms with Gasteiger partial charge in [0.2, 0.25) is 0 Å². The smallest absolute Gasteiger partial charge is 0.119 e. The third-order valence-corrected chi connectivity index (χ3v) is 3.06. The van der Waals surface area contributed by atoms with Crippen molar-refractivity contribution in [2.45, 2.75) is 26.3 Å². The monoisotopic (exact) mass is 271 g/mol. The number of nitrogens with two attached hydrogens (primary N) is 1. The van der Waals surface area contributed by atoms with E-state index in [9.17, 15) is 0 Å². The maximum absolute atomic E-state index is 5.68. The summed E-state index contributed by atoms with van der Waals surface area (Å²) in [6, 6.07) is 13.8. The van der Waals surface area contributed by atoms with Crippen LogP contribution in [-0.2, 0) is 0 Å². The van der Waals surface area contributed by atoms with E-state index in [4.69, 9.17) is 10.6 Å². The second-order valence-electron chi connectivity index (χ2n) is 4.72. The van der Waals surface area contributed by atoms with E-state index < -0.39 is 0 Å². The van der Waals surface area contributed by atoms with Crippen LogP contribution in [0, 0.1) is 6.92 Å². The molecule has 1 heterocycles. The van der Waals surface area contributed by atoms with Crippen molar-refractivity contribution in [3.8, 4) is 5.75 Å². The molecular weight excluding hydrogens is 250 g/mol. The Kier molecular flexibility index (Phi) is 5.09. The van der Waals surface area contributed by atoms with Crippen LogP contribution >= 0.6 is 0 Å². The van der Waals surface area contributed by atoms with Crippen LogP contribution in [0.5, 0.6) is 5.75 Å². The Hall–Kier alpha value is -1.91. The van der Waals surface area contributed by atoms with Gasteiger partial charge in [0.25, 0.3) is 0 Å². The number of pyridine rings is 1. The Balaban J connectivity index is 2.19. The van der Waals surface area contributed by atoms with Gasteiger partial charge in [0, 0.05) is 5.69 Å². The third kappa shape index (κ3) is 3.56. The molecule has 0 aliphatic rings. The van der Waals surface area contributed by atoms with Crippen molar-refractivity contribution in [3.63, 3.8) is 0 Å². The molecule has 2 rings (SSSR count). The molecule has 1 atom stereocenters. The molecule has 4 nitrogen and oxygen atoms in total. The number of aryl methyl sites for hydroxylation is 1. The average Bonchev–Trinajstić information content (AvgIpc) is 2.47. The molecule has 1 unspecified atom stereocenters. The van der Waals surface area contributed by atoms with E-state index in [1.165, 1.54) is 0 Å². The lowest BCUT2D eigenvalue weighted by Gasteiger charge is -2.16. The molecule has 2 aromatic rings. The normalized spacial score (nSPS) is 12.2. The van der Waals surface area contributed by atoms with Crippen molar-refractivity contribution in [1.29, 1.82) is 0 Å². The van der Waals surface area contributed by atoms with Crippen molar-refractivity contribution < 1.29 is 4.74 Å². The highest BCUT2D eigenvalue weighted by molar-refractivity contribution is 5.33. The third-order valence-electron chi connectivity index (χ3n) is 3.06. The van der Waals surface area contributed by atoms with Crippen LogP contribution in [0.4, 0.5) is 0 Å². The molecule has 3 N–H and O–H groups in total. The number of nitrogens with zero attached hydrogens (tertiary/aromatic N) is 1. The molecule has 1 aromatic heterocycles. The largest absolute Gasteiger partial charge is 0.494 e. The van der Waals surface area contributed by atoms with Crippen molar-refractivity contribution >= 4 is 0 Å². The zero-order chi connectivity index (χ0) is 14.4. The quantitative estimate of drug-likeness (QED) is 0.626. The van der Waals surface area contributed by atoms with Gasteiger partial charge < -0.3 is 4.74 Å². The van der Waals surface area contributed by atoms with E-state index in [-0.39, 0.29) is 6.04 Å². The van der Waals surface area contributed by atoms with Gasteiger partial charge in [0.15, 0.2) is 0 Å². The molecule has 106 valence electrons. The standard InChI is InChI=1S/C16H21N3O/c1-3-11-20-14-9-7-13(8-10-14)16(19-17)15-6-4-5-12(2)18-15/h4-10,16,19H,3,11,17H2,1-2H3.